The normalized spacial score (nSPS) is 10.6. The van der Waals surface area contributed by atoms with Gasteiger partial charge in [0.1, 0.15) is 6.61 Å². The second-order valence-corrected chi connectivity index (χ2v) is 7.84. The average molecular weight is 481 g/mol. The Morgan fingerprint density at radius 3 is 2.25 bits per heavy atom. The highest BCUT2D eigenvalue weighted by Gasteiger charge is 2.12. The van der Waals surface area contributed by atoms with E-state index in [9.17, 15) is 0 Å². The Morgan fingerprint density at radius 2 is 1.57 bits per heavy atom. The van der Waals surface area contributed by atoms with Gasteiger partial charge in [0, 0.05) is 26.8 Å². The van der Waals surface area contributed by atoms with Gasteiger partial charge in [-0.2, -0.15) is 0 Å². The van der Waals surface area contributed by atoms with Crippen LogP contribution in [0.2, 0.25) is 10.0 Å². The van der Waals surface area contributed by atoms with Crippen molar-refractivity contribution in [1.82, 2.24) is 0 Å². The molecule has 0 saturated heterocycles. The van der Waals surface area contributed by atoms with Crippen LogP contribution in [0.4, 0.5) is 5.69 Å². The minimum absolute atomic E-state index is 0.478. The molecular formula is C22H20BrCl2NO2. The fraction of sp³-hybridized carbons (Fsp3) is 0.182. The summed E-state index contributed by atoms with van der Waals surface area (Å²) < 4.78 is 12.7. The number of rotatable bonds is 8. The Labute approximate surface area is 183 Å². The van der Waals surface area contributed by atoms with E-state index in [1.807, 2.05) is 61.5 Å². The van der Waals surface area contributed by atoms with Crippen molar-refractivity contribution in [3.05, 3.63) is 86.3 Å². The van der Waals surface area contributed by atoms with Gasteiger partial charge in [-0.1, -0.05) is 69.5 Å². The van der Waals surface area contributed by atoms with Gasteiger partial charge in [-0.05, 0) is 48.4 Å². The van der Waals surface area contributed by atoms with Crippen LogP contribution in [0.5, 0.6) is 11.5 Å². The third-order valence-electron chi connectivity index (χ3n) is 4.00. The van der Waals surface area contributed by atoms with Crippen LogP contribution in [0, 0.1) is 0 Å². The van der Waals surface area contributed by atoms with Gasteiger partial charge in [0.05, 0.1) is 6.61 Å². The van der Waals surface area contributed by atoms with Gasteiger partial charge in [-0.3, -0.25) is 0 Å². The van der Waals surface area contributed by atoms with Gasteiger partial charge < -0.3 is 14.8 Å². The standard InChI is InChI=1S/C22H20BrCl2NO2/c1-2-27-21-8-16(13-26-19-10-17(24)9-18(25)11-19)20(23)12-22(21)28-14-15-6-4-3-5-7-15/h3-12,26H,2,13-14H2,1H3. The molecular weight excluding hydrogens is 461 g/mol. The monoisotopic (exact) mass is 479 g/mol. The number of nitrogens with one attached hydrogen (secondary N) is 1. The van der Waals surface area contributed by atoms with Crippen LogP contribution in [0.1, 0.15) is 18.1 Å². The van der Waals surface area contributed by atoms with E-state index in [-0.39, 0.29) is 0 Å². The molecule has 0 amide bonds. The van der Waals surface area contributed by atoms with Crippen molar-refractivity contribution in [3.8, 4) is 11.5 Å². The van der Waals surface area contributed by atoms with E-state index in [2.05, 4.69) is 21.2 Å². The summed E-state index contributed by atoms with van der Waals surface area (Å²) in [6, 6.07) is 19.3. The SMILES string of the molecule is CCOc1cc(CNc2cc(Cl)cc(Cl)c2)c(Br)cc1OCc1ccccc1. The maximum atomic E-state index is 6.07. The number of hydrogen-bond donors (Lipinski definition) is 1. The molecule has 0 aliphatic rings. The molecule has 0 aliphatic heterocycles. The van der Waals surface area contributed by atoms with Gasteiger partial charge in [-0.15, -0.1) is 0 Å². The summed E-state index contributed by atoms with van der Waals surface area (Å²) in [5.74, 6) is 1.41. The third-order valence-corrected chi connectivity index (χ3v) is 5.17. The van der Waals surface area contributed by atoms with E-state index < -0.39 is 0 Å². The second-order valence-electron chi connectivity index (χ2n) is 6.11. The first-order valence-electron chi connectivity index (χ1n) is 8.87. The van der Waals surface area contributed by atoms with Crippen molar-refractivity contribution in [2.24, 2.45) is 0 Å². The zero-order valence-electron chi connectivity index (χ0n) is 15.3. The predicted molar refractivity (Wildman–Crippen MR) is 120 cm³/mol. The summed E-state index contributed by atoms with van der Waals surface area (Å²) in [5.41, 5.74) is 2.99. The van der Waals surface area contributed by atoms with Crippen LogP contribution in [-0.2, 0) is 13.2 Å². The maximum absolute atomic E-state index is 6.07. The first kappa shape index (κ1) is 20.8. The number of ether oxygens (including phenoxy) is 2. The van der Waals surface area contributed by atoms with Gasteiger partial charge in [-0.25, -0.2) is 0 Å². The van der Waals surface area contributed by atoms with Gasteiger partial charge >= 0.3 is 0 Å². The topological polar surface area (TPSA) is 30.5 Å². The Bertz CT molecular complexity index is 915. The molecule has 0 aromatic heterocycles. The van der Waals surface area contributed by atoms with E-state index in [4.69, 9.17) is 32.7 Å². The molecule has 0 bridgehead atoms. The fourth-order valence-electron chi connectivity index (χ4n) is 2.68. The van der Waals surface area contributed by atoms with E-state index >= 15 is 0 Å². The van der Waals surface area contributed by atoms with Crippen molar-refractivity contribution in [2.75, 3.05) is 11.9 Å². The summed E-state index contributed by atoms with van der Waals surface area (Å²) in [5, 5.41) is 4.52. The van der Waals surface area contributed by atoms with Gasteiger partial charge in [0.15, 0.2) is 11.5 Å². The second kappa shape index (κ2) is 10.1. The van der Waals surface area contributed by atoms with Crippen LogP contribution >= 0.6 is 39.1 Å². The molecule has 6 heteroatoms. The summed E-state index contributed by atoms with van der Waals surface area (Å²) in [7, 11) is 0. The van der Waals surface area contributed by atoms with Crippen LogP contribution in [0.25, 0.3) is 0 Å². The third kappa shape index (κ3) is 5.81. The lowest BCUT2D eigenvalue weighted by atomic mass is 10.2. The van der Waals surface area contributed by atoms with Crippen LogP contribution < -0.4 is 14.8 Å². The van der Waals surface area contributed by atoms with Crippen LogP contribution in [0.3, 0.4) is 0 Å². The molecule has 28 heavy (non-hydrogen) atoms. The molecule has 0 radical (unpaired) electrons. The molecule has 0 spiro atoms. The molecule has 1 N–H and O–H groups in total. The molecule has 0 fully saturated rings. The number of benzene rings is 3. The molecule has 3 aromatic carbocycles. The quantitative estimate of drug-likeness (QED) is 0.365. The molecule has 0 saturated carbocycles. The molecule has 3 aromatic rings. The molecule has 3 nitrogen and oxygen atoms in total. The highest BCUT2D eigenvalue weighted by molar-refractivity contribution is 9.10. The minimum Gasteiger partial charge on any atom is -0.490 e. The lowest BCUT2D eigenvalue weighted by molar-refractivity contribution is 0.269. The van der Waals surface area contributed by atoms with Gasteiger partial charge in [0.2, 0.25) is 0 Å². The zero-order valence-corrected chi connectivity index (χ0v) is 18.4. The summed E-state index contributed by atoms with van der Waals surface area (Å²) in [6.45, 7) is 3.57. The van der Waals surface area contributed by atoms with Crippen molar-refractivity contribution in [2.45, 2.75) is 20.1 Å². The lowest BCUT2D eigenvalue weighted by Crippen LogP contribution is -2.04. The number of hydrogen-bond acceptors (Lipinski definition) is 3. The van der Waals surface area contributed by atoms with Crippen molar-refractivity contribution < 1.29 is 9.47 Å². The van der Waals surface area contributed by atoms with Crippen LogP contribution in [0.15, 0.2) is 65.1 Å². The smallest absolute Gasteiger partial charge is 0.162 e. The van der Waals surface area contributed by atoms with Crippen LogP contribution in [-0.4, -0.2) is 6.61 Å². The first-order chi connectivity index (χ1) is 13.5. The Balaban J connectivity index is 1.75. The number of halogens is 3. The highest BCUT2D eigenvalue weighted by Crippen LogP contribution is 2.35. The maximum Gasteiger partial charge on any atom is 0.162 e. The minimum atomic E-state index is 0.478. The predicted octanol–water partition coefficient (Wildman–Crippen LogP) is 7.35. The van der Waals surface area contributed by atoms with Crippen molar-refractivity contribution in [1.29, 1.82) is 0 Å². The Morgan fingerprint density at radius 1 is 0.893 bits per heavy atom. The first-order valence-corrected chi connectivity index (χ1v) is 10.4. The molecule has 0 unspecified atom stereocenters. The Hall–Kier alpha value is -1.88. The zero-order chi connectivity index (χ0) is 19.9. The van der Waals surface area contributed by atoms with E-state index in [0.29, 0.717) is 41.3 Å². The molecule has 0 heterocycles. The van der Waals surface area contributed by atoms with Crippen molar-refractivity contribution in [3.63, 3.8) is 0 Å². The Kier molecular flexibility index (Phi) is 7.49. The molecule has 3 rings (SSSR count). The summed E-state index contributed by atoms with van der Waals surface area (Å²) >= 11 is 15.8. The van der Waals surface area contributed by atoms with E-state index in [1.54, 1.807) is 6.07 Å². The van der Waals surface area contributed by atoms with E-state index in [1.165, 1.54) is 0 Å². The molecule has 0 atom stereocenters. The highest BCUT2D eigenvalue weighted by atomic mass is 79.9. The average Bonchev–Trinajstić information content (AvgIpc) is 2.67. The summed E-state index contributed by atoms with van der Waals surface area (Å²) in [6.07, 6.45) is 0. The van der Waals surface area contributed by atoms with E-state index in [0.717, 1.165) is 21.3 Å². The van der Waals surface area contributed by atoms with Crippen molar-refractivity contribution >= 4 is 44.8 Å². The summed E-state index contributed by atoms with van der Waals surface area (Å²) in [4.78, 5) is 0. The largest absolute Gasteiger partial charge is 0.490 e. The molecule has 0 aliphatic carbocycles. The fourth-order valence-corrected chi connectivity index (χ4v) is 3.67. The number of anilines is 1. The lowest BCUT2D eigenvalue weighted by Gasteiger charge is -2.16. The van der Waals surface area contributed by atoms with Gasteiger partial charge in [0.25, 0.3) is 0 Å². The molecule has 146 valence electrons.